The van der Waals surface area contributed by atoms with Crippen LogP contribution in [0.15, 0.2) is 17.6 Å². The van der Waals surface area contributed by atoms with Gasteiger partial charge >= 0.3 is 5.97 Å². The normalized spacial score (nSPS) is 10.3. The molecule has 3 N–H and O–H groups in total. The van der Waals surface area contributed by atoms with Gasteiger partial charge < -0.3 is 15.8 Å². The van der Waals surface area contributed by atoms with E-state index in [0.29, 0.717) is 24.5 Å². The van der Waals surface area contributed by atoms with Crippen molar-refractivity contribution in [3.63, 3.8) is 0 Å². The number of aryl methyl sites for hydroxylation is 1. The molecule has 6 nitrogen and oxygen atoms in total. The molecule has 0 aliphatic carbocycles. The molecular weight excluding hydrogens is 276 g/mol. The Morgan fingerprint density at radius 2 is 2.35 bits per heavy atom. The number of nitrogen functional groups attached to an aromatic ring is 1. The number of nitrogens with one attached hydrogen (secondary N) is 1. The van der Waals surface area contributed by atoms with Gasteiger partial charge in [0.25, 0.3) is 0 Å². The van der Waals surface area contributed by atoms with Crippen molar-refractivity contribution in [1.82, 2.24) is 9.97 Å². The van der Waals surface area contributed by atoms with Crippen molar-refractivity contribution in [2.75, 3.05) is 17.7 Å². The number of pyridine rings is 1. The monoisotopic (exact) mass is 292 g/mol. The van der Waals surface area contributed by atoms with E-state index >= 15 is 0 Å². The standard InChI is InChI=1S/C13H16N4O2S/c1-3-19-13(18)10-4-5-15-12(11(10)14)16-6-9-7-20-8(2)17-9/h4-5,7H,3,6,14H2,1-2H3,(H,15,16). The summed E-state index contributed by atoms with van der Waals surface area (Å²) < 4.78 is 4.94. The van der Waals surface area contributed by atoms with Crippen LogP contribution < -0.4 is 11.1 Å². The van der Waals surface area contributed by atoms with Gasteiger partial charge in [-0.15, -0.1) is 11.3 Å². The van der Waals surface area contributed by atoms with Crippen LogP contribution in [0.25, 0.3) is 0 Å². The van der Waals surface area contributed by atoms with Gasteiger partial charge in [-0.05, 0) is 19.9 Å². The predicted octanol–water partition coefficient (Wildman–Crippen LogP) is 2.22. The molecule has 0 unspecified atom stereocenters. The molecule has 0 radical (unpaired) electrons. The molecule has 2 aromatic heterocycles. The Morgan fingerprint density at radius 1 is 1.55 bits per heavy atom. The number of esters is 1. The van der Waals surface area contributed by atoms with Crippen LogP contribution >= 0.6 is 11.3 Å². The molecule has 0 amide bonds. The number of aromatic nitrogens is 2. The molecule has 20 heavy (non-hydrogen) atoms. The summed E-state index contributed by atoms with van der Waals surface area (Å²) in [5.41, 5.74) is 7.46. The van der Waals surface area contributed by atoms with Crippen LogP contribution in [-0.2, 0) is 11.3 Å². The number of carbonyl (C=O) groups excluding carboxylic acids is 1. The first-order valence-electron chi connectivity index (χ1n) is 6.18. The minimum absolute atomic E-state index is 0.290. The van der Waals surface area contributed by atoms with Crippen molar-refractivity contribution >= 4 is 28.8 Å². The average molecular weight is 292 g/mol. The summed E-state index contributed by atoms with van der Waals surface area (Å²) in [6.07, 6.45) is 1.53. The van der Waals surface area contributed by atoms with Gasteiger partial charge in [0, 0.05) is 11.6 Å². The number of hydrogen-bond donors (Lipinski definition) is 2. The van der Waals surface area contributed by atoms with Crippen molar-refractivity contribution in [3.05, 3.63) is 33.9 Å². The number of rotatable bonds is 5. The van der Waals surface area contributed by atoms with Gasteiger partial charge in [0.2, 0.25) is 0 Å². The van der Waals surface area contributed by atoms with Gasteiger partial charge in [0.15, 0.2) is 0 Å². The number of hydrogen-bond acceptors (Lipinski definition) is 7. The Bertz CT molecular complexity index is 612. The third-order valence-corrected chi connectivity index (χ3v) is 3.41. The lowest BCUT2D eigenvalue weighted by Crippen LogP contribution is -2.12. The van der Waals surface area contributed by atoms with E-state index in [4.69, 9.17) is 10.5 Å². The van der Waals surface area contributed by atoms with Gasteiger partial charge in [0.1, 0.15) is 5.82 Å². The van der Waals surface area contributed by atoms with Crippen molar-refractivity contribution in [2.45, 2.75) is 20.4 Å². The zero-order chi connectivity index (χ0) is 14.5. The molecule has 0 aliphatic heterocycles. The Labute approximate surface area is 121 Å². The molecule has 7 heteroatoms. The molecule has 2 heterocycles. The van der Waals surface area contributed by atoms with Gasteiger partial charge in [-0.25, -0.2) is 14.8 Å². The highest BCUT2D eigenvalue weighted by molar-refractivity contribution is 7.09. The number of nitrogens with two attached hydrogens (primary N) is 1. The SMILES string of the molecule is CCOC(=O)c1ccnc(NCc2csc(C)n2)c1N. The molecule has 106 valence electrons. The maximum Gasteiger partial charge on any atom is 0.340 e. The number of anilines is 2. The highest BCUT2D eigenvalue weighted by Gasteiger charge is 2.14. The number of thiazole rings is 1. The second-order valence-corrected chi connectivity index (χ2v) is 5.11. The quantitative estimate of drug-likeness (QED) is 0.821. The minimum atomic E-state index is -0.444. The van der Waals surface area contributed by atoms with Crippen molar-refractivity contribution < 1.29 is 9.53 Å². The van der Waals surface area contributed by atoms with Gasteiger partial charge in [-0.1, -0.05) is 0 Å². The van der Waals surface area contributed by atoms with Gasteiger partial charge in [-0.2, -0.15) is 0 Å². The van der Waals surface area contributed by atoms with Crippen molar-refractivity contribution in [1.29, 1.82) is 0 Å². The molecule has 0 saturated heterocycles. The highest BCUT2D eigenvalue weighted by Crippen LogP contribution is 2.21. The fourth-order valence-corrected chi connectivity index (χ4v) is 2.28. The van der Waals surface area contributed by atoms with E-state index in [9.17, 15) is 4.79 Å². The topological polar surface area (TPSA) is 90.1 Å². The summed E-state index contributed by atoms with van der Waals surface area (Å²) in [5.74, 6) is 0.0150. The fourth-order valence-electron chi connectivity index (χ4n) is 1.66. The first-order chi connectivity index (χ1) is 9.61. The number of carbonyl (C=O) groups is 1. The van der Waals surface area contributed by atoms with Gasteiger partial charge in [0.05, 0.1) is 35.1 Å². The maximum atomic E-state index is 11.7. The summed E-state index contributed by atoms with van der Waals surface area (Å²) in [7, 11) is 0. The van der Waals surface area contributed by atoms with Crippen LogP contribution in [0, 0.1) is 6.92 Å². The van der Waals surface area contributed by atoms with Gasteiger partial charge in [-0.3, -0.25) is 0 Å². The molecule has 0 aromatic carbocycles. The fraction of sp³-hybridized carbons (Fsp3) is 0.308. The number of ether oxygens (including phenoxy) is 1. The highest BCUT2D eigenvalue weighted by atomic mass is 32.1. The smallest absolute Gasteiger partial charge is 0.340 e. The summed E-state index contributed by atoms with van der Waals surface area (Å²) in [5, 5.41) is 6.05. The molecule has 0 spiro atoms. The van der Waals surface area contributed by atoms with E-state index in [2.05, 4.69) is 15.3 Å². The van der Waals surface area contributed by atoms with Crippen molar-refractivity contribution in [2.24, 2.45) is 0 Å². The lowest BCUT2D eigenvalue weighted by atomic mass is 10.2. The van der Waals surface area contributed by atoms with E-state index in [1.807, 2.05) is 12.3 Å². The molecule has 0 aliphatic rings. The Balaban J connectivity index is 2.12. The van der Waals surface area contributed by atoms with Crippen molar-refractivity contribution in [3.8, 4) is 0 Å². The summed E-state index contributed by atoms with van der Waals surface area (Å²) in [6, 6.07) is 1.55. The van der Waals surface area contributed by atoms with Crippen LogP contribution in [0.4, 0.5) is 11.5 Å². The summed E-state index contributed by atoms with van der Waals surface area (Å²) >= 11 is 1.58. The molecular formula is C13H16N4O2S. The molecule has 2 aromatic rings. The average Bonchev–Trinajstić information content (AvgIpc) is 2.83. The molecule has 0 saturated carbocycles. The van der Waals surface area contributed by atoms with E-state index < -0.39 is 5.97 Å². The van der Waals surface area contributed by atoms with E-state index in [-0.39, 0.29) is 5.69 Å². The molecule has 0 fully saturated rings. The summed E-state index contributed by atoms with van der Waals surface area (Å²) in [4.78, 5) is 20.2. The zero-order valence-electron chi connectivity index (χ0n) is 11.3. The maximum absolute atomic E-state index is 11.7. The van der Waals surface area contributed by atoms with E-state index in [0.717, 1.165) is 10.7 Å². The second kappa shape index (κ2) is 6.33. The minimum Gasteiger partial charge on any atom is -0.462 e. The third kappa shape index (κ3) is 3.24. The largest absolute Gasteiger partial charge is 0.462 e. The molecule has 0 atom stereocenters. The molecule has 2 rings (SSSR count). The second-order valence-electron chi connectivity index (χ2n) is 4.05. The summed E-state index contributed by atoms with van der Waals surface area (Å²) in [6.45, 7) is 4.51. The Kier molecular flexibility index (Phi) is 4.52. The van der Waals surface area contributed by atoms with Crippen LogP contribution in [0.2, 0.25) is 0 Å². The molecule has 0 bridgehead atoms. The Morgan fingerprint density at radius 3 is 3.00 bits per heavy atom. The van der Waals surface area contributed by atoms with Crippen LogP contribution in [0.3, 0.4) is 0 Å². The van der Waals surface area contributed by atoms with Crippen LogP contribution in [-0.4, -0.2) is 22.5 Å². The first kappa shape index (κ1) is 14.3. The third-order valence-electron chi connectivity index (χ3n) is 2.59. The lowest BCUT2D eigenvalue weighted by molar-refractivity contribution is 0.0527. The first-order valence-corrected chi connectivity index (χ1v) is 7.06. The Hall–Kier alpha value is -2.15. The van der Waals surface area contributed by atoms with E-state index in [1.165, 1.54) is 6.20 Å². The van der Waals surface area contributed by atoms with E-state index in [1.54, 1.807) is 24.3 Å². The zero-order valence-corrected chi connectivity index (χ0v) is 12.2. The number of nitrogens with zero attached hydrogens (tertiary/aromatic N) is 2. The lowest BCUT2D eigenvalue weighted by Gasteiger charge is -2.10. The van der Waals surface area contributed by atoms with Crippen LogP contribution in [0.1, 0.15) is 28.0 Å². The van der Waals surface area contributed by atoms with Crippen LogP contribution in [0.5, 0.6) is 0 Å². The predicted molar refractivity (Wildman–Crippen MR) is 78.8 cm³/mol.